The summed E-state index contributed by atoms with van der Waals surface area (Å²) in [5, 5.41) is 6.11. The van der Waals surface area contributed by atoms with E-state index in [-0.39, 0.29) is 31.0 Å². The van der Waals surface area contributed by atoms with E-state index in [0.29, 0.717) is 31.9 Å². The van der Waals surface area contributed by atoms with Crippen molar-refractivity contribution in [3.8, 4) is 0 Å². The molecular formula is C23H29N3O5. The first-order valence-corrected chi connectivity index (χ1v) is 10.4. The van der Waals surface area contributed by atoms with Gasteiger partial charge in [0.1, 0.15) is 11.8 Å². The number of hydrogen-bond acceptors (Lipinski definition) is 7. The summed E-state index contributed by atoms with van der Waals surface area (Å²) in [5.74, 6) is 0.0798. The molecule has 1 aromatic heterocycles. The van der Waals surface area contributed by atoms with Crippen LogP contribution in [0.15, 0.2) is 52.2 Å². The van der Waals surface area contributed by atoms with E-state index in [1.54, 1.807) is 31.3 Å². The summed E-state index contributed by atoms with van der Waals surface area (Å²) in [7, 11) is 1.58. The Morgan fingerprint density at radius 2 is 2.00 bits per heavy atom. The number of esters is 1. The number of furan rings is 1. The summed E-state index contributed by atoms with van der Waals surface area (Å²) in [6.07, 6.45) is 2.14. The van der Waals surface area contributed by atoms with E-state index in [0.717, 1.165) is 16.8 Å². The highest BCUT2D eigenvalue weighted by atomic mass is 16.5. The van der Waals surface area contributed by atoms with Gasteiger partial charge in [0.2, 0.25) is 0 Å². The van der Waals surface area contributed by atoms with E-state index in [9.17, 15) is 9.59 Å². The third-order valence-corrected chi connectivity index (χ3v) is 5.05. The van der Waals surface area contributed by atoms with Crippen molar-refractivity contribution in [2.45, 2.75) is 26.3 Å². The number of carbonyl (C=O) groups excluding carboxylic acids is 2. The summed E-state index contributed by atoms with van der Waals surface area (Å²) in [6.45, 7) is 4.92. The summed E-state index contributed by atoms with van der Waals surface area (Å²) in [5.41, 5.74) is 2.95. The molecular weight excluding hydrogens is 398 g/mol. The summed E-state index contributed by atoms with van der Waals surface area (Å²) < 4.78 is 15.8. The van der Waals surface area contributed by atoms with Crippen LogP contribution in [-0.4, -0.2) is 67.5 Å². The minimum atomic E-state index is -0.376. The Morgan fingerprint density at radius 1 is 1.23 bits per heavy atom. The Balaban J connectivity index is 1.79. The van der Waals surface area contributed by atoms with Gasteiger partial charge >= 0.3 is 5.97 Å². The van der Waals surface area contributed by atoms with E-state index >= 15 is 0 Å². The molecule has 8 nitrogen and oxygen atoms in total. The highest BCUT2D eigenvalue weighted by Gasteiger charge is 2.35. The molecule has 1 aromatic carbocycles. The Kier molecular flexibility index (Phi) is 7.97. The topological polar surface area (TPSA) is 84.6 Å². The van der Waals surface area contributed by atoms with Crippen LogP contribution in [0.2, 0.25) is 0 Å². The van der Waals surface area contributed by atoms with Gasteiger partial charge in [-0.05, 0) is 31.5 Å². The summed E-state index contributed by atoms with van der Waals surface area (Å²) >= 11 is 0. The number of methoxy groups -OCH3 is 1. The van der Waals surface area contributed by atoms with Crippen LogP contribution in [0.4, 0.5) is 0 Å². The van der Waals surface area contributed by atoms with Crippen molar-refractivity contribution in [3.63, 3.8) is 0 Å². The Morgan fingerprint density at radius 3 is 2.65 bits per heavy atom. The zero-order valence-corrected chi connectivity index (χ0v) is 18.2. The smallest absolute Gasteiger partial charge is 0.320 e. The standard InChI is InChI=1S/C23H29N3O5/c1-4-30-23(28)16-25(11-13-29-3)15-22(27)26-20(21-6-5-12-31-21)14-19(24-26)18-9-7-17(2)8-10-18/h5-10,12,20H,4,11,13-16H2,1-3H3/t20-/m1/s1. The second kappa shape index (κ2) is 10.9. The average Bonchev–Trinajstić information content (AvgIpc) is 3.42. The maximum absolute atomic E-state index is 13.2. The molecule has 2 heterocycles. The van der Waals surface area contributed by atoms with E-state index in [1.165, 1.54) is 5.01 Å². The van der Waals surface area contributed by atoms with Crippen molar-refractivity contribution >= 4 is 17.6 Å². The van der Waals surface area contributed by atoms with Crippen molar-refractivity contribution in [2.24, 2.45) is 5.10 Å². The SMILES string of the molecule is CCOC(=O)CN(CCOC)CC(=O)N1N=C(c2ccc(C)cc2)C[C@@H]1c1ccco1. The Bertz CT molecular complexity index is 892. The number of hydrazone groups is 1. The number of rotatable bonds is 10. The number of benzene rings is 1. The van der Waals surface area contributed by atoms with Gasteiger partial charge in [-0.3, -0.25) is 14.5 Å². The van der Waals surface area contributed by atoms with Crippen molar-refractivity contribution in [1.82, 2.24) is 9.91 Å². The van der Waals surface area contributed by atoms with Crippen LogP contribution in [0.3, 0.4) is 0 Å². The Hall–Kier alpha value is -2.97. The minimum Gasteiger partial charge on any atom is -0.467 e. The fraction of sp³-hybridized carbons (Fsp3) is 0.435. The highest BCUT2D eigenvalue weighted by Crippen LogP contribution is 2.33. The second-order valence-corrected chi connectivity index (χ2v) is 7.39. The molecule has 0 saturated heterocycles. The van der Waals surface area contributed by atoms with Gasteiger partial charge in [-0.2, -0.15) is 5.10 Å². The minimum absolute atomic E-state index is 0.0106. The number of nitrogens with zero attached hydrogens (tertiary/aromatic N) is 3. The van der Waals surface area contributed by atoms with Crippen LogP contribution in [0.1, 0.15) is 36.3 Å². The lowest BCUT2D eigenvalue weighted by molar-refractivity contribution is -0.145. The van der Waals surface area contributed by atoms with E-state index in [4.69, 9.17) is 13.9 Å². The number of amides is 1. The lowest BCUT2D eigenvalue weighted by atomic mass is 10.0. The monoisotopic (exact) mass is 427 g/mol. The lowest BCUT2D eigenvalue weighted by Gasteiger charge is -2.25. The molecule has 0 fully saturated rings. The number of aryl methyl sites for hydroxylation is 1. The molecule has 2 aromatic rings. The molecule has 1 aliphatic heterocycles. The second-order valence-electron chi connectivity index (χ2n) is 7.39. The van der Waals surface area contributed by atoms with Crippen LogP contribution >= 0.6 is 0 Å². The van der Waals surface area contributed by atoms with Gasteiger partial charge in [-0.1, -0.05) is 29.8 Å². The zero-order valence-electron chi connectivity index (χ0n) is 18.2. The molecule has 166 valence electrons. The van der Waals surface area contributed by atoms with Crippen LogP contribution in [0.25, 0.3) is 0 Å². The number of carbonyl (C=O) groups is 2. The molecule has 0 N–H and O–H groups in total. The first kappa shape index (κ1) is 22.7. The number of ether oxygens (including phenoxy) is 2. The van der Waals surface area contributed by atoms with Gasteiger partial charge < -0.3 is 13.9 Å². The molecule has 8 heteroatoms. The molecule has 0 aliphatic carbocycles. The summed E-state index contributed by atoms with van der Waals surface area (Å²) in [6, 6.07) is 11.4. The predicted molar refractivity (Wildman–Crippen MR) is 116 cm³/mol. The van der Waals surface area contributed by atoms with Crippen molar-refractivity contribution in [3.05, 3.63) is 59.5 Å². The van der Waals surface area contributed by atoms with E-state index in [2.05, 4.69) is 5.10 Å². The van der Waals surface area contributed by atoms with Crippen LogP contribution < -0.4 is 0 Å². The fourth-order valence-corrected chi connectivity index (χ4v) is 3.45. The highest BCUT2D eigenvalue weighted by molar-refractivity contribution is 6.03. The maximum atomic E-state index is 13.2. The van der Waals surface area contributed by atoms with Gasteiger partial charge in [0, 0.05) is 20.1 Å². The Labute approximate surface area is 182 Å². The van der Waals surface area contributed by atoms with Gasteiger partial charge in [-0.25, -0.2) is 5.01 Å². The molecule has 31 heavy (non-hydrogen) atoms. The van der Waals surface area contributed by atoms with Gasteiger partial charge in [0.25, 0.3) is 5.91 Å². The quantitative estimate of drug-likeness (QED) is 0.542. The molecule has 0 spiro atoms. The first-order valence-electron chi connectivity index (χ1n) is 10.4. The molecule has 1 amide bonds. The van der Waals surface area contributed by atoms with E-state index in [1.807, 2.05) is 37.3 Å². The van der Waals surface area contributed by atoms with Crippen LogP contribution in [0.5, 0.6) is 0 Å². The molecule has 0 saturated carbocycles. The normalized spacial score (nSPS) is 15.9. The van der Waals surface area contributed by atoms with Crippen molar-refractivity contribution in [2.75, 3.05) is 40.0 Å². The summed E-state index contributed by atoms with van der Waals surface area (Å²) in [4.78, 5) is 26.9. The van der Waals surface area contributed by atoms with Crippen molar-refractivity contribution in [1.29, 1.82) is 0 Å². The predicted octanol–water partition coefficient (Wildman–Crippen LogP) is 2.78. The fourth-order valence-electron chi connectivity index (χ4n) is 3.45. The van der Waals surface area contributed by atoms with Gasteiger partial charge in [0.15, 0.2) is 0 Å². The largest absolute Gasteiger partial charge is 0.467 e. The van der Waals surface area contributed by atoms with Crippen molar-refractivity contribution < 1.29 is 23.5 Å². The number of hydrogen-bond donors (Lipinski definition) is 0. The molecule has 0 bridgehead atoms. The van der Waals surface area contributed by atoms with Crippen LogP contribution in [-0.2, 0) is 19.1 Å². The van der Waals surface area contributed by atoms with Crippen LogP contribution in [0, 0.1) is 6.92 Å². The maximum Gasteiger partial charge on any atom is 0.320 e. The van der Waals surface area contributed by atoms with Gasteiger partial charge in [0.05, 0.1) is 38.3 Å². The molecule has 1 aliphatic rings. The average molecular weight is 428 g/mol. The first-order chi connectivity index (χ1) is 15.0. The third kappa shape index (κ3) is 6.02. The lowest BCUT2D eigenvalue weighted by Crippen LogP contribution is -2.42. The van der Waals surface area contributed by atoms with Gasteiger partial charge in [-0.15, -0.1) is 0 Å². The molecule has 1 atom stereocenters. The zero-order chi connectivity index (χ0) is 22.2. The van der Waals surface area contributed by atoms with E-state index < -0.39 is 0 Å². The molecule has 0 radical (unpaired) electrons. The third-order valence-electron chi connectivity index (χ3n) is 5.05. The molecule has 3 rings (SSSR count). The molecule has 0 unspecified atom stereocenters.